The van der Waals surface area contributed by atoms with E-state index in [1.165, 1.54) is 0 Å². The van der Waals surface area contributed by atoms with Gasteiger partial charge in [0.25, 0.3) is 0 Å². The number of aromatic nitrogens is 1. The minimum Gasteiger partial charge on any atom is -0.220 e. The van der Waals surface area contributed by atoms with E-state index in [-0.39, 0.29) is 4.47 Å². The van der Waals surface area contributed by atoms with Crippen molar-refractivity contribution < 1.29 is 13.2 Å². The Morgan fingerprint density at radius 1 is 1.50 bits per heavy atom. The quantitative estimate of drug-likeness (QED) is 0.607. The Labute approximate surface area is 63.5 Å². The predicted octanol–water partition coefficient (Wildman–Crippen LogP) is 2.62. The monoisotopic (exact) mass is 186 g/mol. The van der Waals surface area contributed by atoms with Crippen LogP contribution in [0.1, 0.15) is 5.69 Å². The van der Waals surface area contributed by atoms with Gasteiger partial charge in [-0.05, 0) is 0 Å². The molecule has 1 heterocycles. The van der Waals surface area contributed by atoms with Gasteiger partial charge in [-0.1, -0.05) is 11.6 Å². The van der Waals surface area contributed by atoms with Crippen LogP contribution in [0.4, 0.5) is 13.2 Å². The van der Waals surface area contributed by atoms with E-state index in [0.29, 0.717) is 11.3 Å². The molecule has 0 aliphatic rings. The highest BCUT2D eigenvalue weighted by molar-refractivity contribution is 7.13. The number of halogens is 4. The highest BCUT2D eigenvalue weighted by atomic mass is 35.5. The molecule has 1 radical (unpaired) electrons. The van der Waals surface area contributed by atoms with Crippen LogP contribution in [0, 0.1) is 5.38 Å². The second-order valence-electron chi connectivity index (χ2n) is 1.42. The minimum atomic E-state index is -4.43. The molecule has 0 aliphatic carbocycles. The molecular formula is C4ClF3NS. The van der Waals surface area contributed by atoms with Crippen LogP contribution in [-0.2, 0) is 6.18 Å². The van der Waals surface area contributed by atoms with Crippen molar-refractivity contribution >= 4 is 22.9 Å². The van der Waals surface area contributed by atoms with Crippen LogP contribution in [0.3, 0.4) is 0 Å². The Morgan fingerprint density at radius 2 is 2.10 bits per heavy atom. The molecule has 0 aliphatic heterocycles. The first-order valence-electron chi connectivity index (χ1n) is 2.11. The maximum Gasteiger partial charge on any atom is 0.434 e. The minimum absolute atomic E-state index is 0.146. The Morgan fingerprint density at radius 3 is 2.30 bits per heavy atom. The van der Waals surface area contributed by atoms with E-state index in [1.807, 2.05) is 5.38 Å². The van der Waals surface area contributed by atoms with Gasteiger partial charge < -0.3 is 0 Å². The molecule has 1 aromatic rings. The van der Waals surface area contributed by atoms with Crippen molar-refractivity contribution in [2.24, 2.45) is 0 Å². The lowest BCUT2D eigenvalue weighted by Gasteiger charge is -1.98. The molecule has 0 spiro atoms. The molecule has 0 saturated heterocycles. The fourth-order valence-electron chi connectivity index (χ4n) is 0.345. The van der Waals surface area contributed by atoms with Crippen LogP contribution >= 0.6 is 22.9 Å². The smallest absolute Gasteiger partial charge is 0.220 e. The highest BCUT2D eigenvalue weighted by Crippen LogP contribution is 2.30. The Hall–Kier alpha value is -0.290. The van der Waals surface area contributed by atoms with Crippen molar-refractivity contribution in [1.82, 2.24) is 4.98 Å². The summed E-state index contributed by atoms with van der Waals surface area (Å²) < 4.78 is 34.8. The summed E-state index contributed by atoms with van der Waals surface area (Å²) in [6, 6.07) is 0. The molecule has 1 aromatic heterocycles. The summed E-state index contributed by atoms with van der Waals surface area (Å²) in [5, 5.41) is 1.92. The van der Waals surface area contributed by atoms with E-state index >= 15 is 0 Å². The Balaban J connectivity index is 2.96. The molecule has 0 N–H and O–H groups in total. The molecule has 0 saturated carbocycles. The average molecular weight is 187 g/mol. The number of rotatable bonds is 0. The normalized spacial score (nSPS) is 12.0. The van der Waals surface area contributed by atoms with Crippen LogP contribution in [0.25, 0.3) is 0 Å². The topological polar surface area (TPSA) is 12.9 Å². The lowest BCUT2D eigenvalue weighted by molar-refractivity contribution is -0.140. The molecular weight excluding hydrogens is 187 g/mol. The van der Waals surface area contributed by atoms with Gasteiger partial charge in [-0.2, -0.15) is 13.2 Å². The van der Waals surface area contributed by atoms with Gasteiger partial charge in [-0.15, -0.1) is 11.3 Å². The first-order chi connectivity index (χ1) is 4.50. The zero-order valence-electron chi connectivity index (χ0n) is 4.37. The first-order valence-corrected chi connectivity index (χ1v) is 3.31. The third-order valence-electron chi connectivity index (χ3n) is 0.700. The number of hydrogen-bond acceptors (Lipinski definition) is 2. The van der Waals surface area contributed by atoms with E-state index in [9.17, 15) is 13.2 Å². The summed E-state index contributed by atoms with van der Waals surface area (Å²) in [4.78, 5) is 2.99. The van der Waals surface area contributed by atoms with E-state index in [0.717, 1.165) is 0 Å². The van der Waals surface area contributed by atoms with E-state index in [2.05, 4.69) is 4.98 Å². The maximum atomic E-state index is 11.7. The fraction of sp³-hybridized carbons (Fsp3) is 0.250. The molecule has 0 bridgehead atoms. The van der Waals surface area contributed by atoms with Crippen molar-refractivity contribution in [1.29, 1.82) is 0 Å². The van der Waals surface area contributed by atoms with Crippen molar-refractivity contribution in [2.45, 2.75) is 6.18 Å². The predicted molar refractivity (Wildman–Crippen MR) is 31.0 cm³/mol. The third kappa shape index (κ3) is 1.60. The second kappa shape index (κ2) is 2.39. The van der Waals surface area contributed by atoms with Gasteiger partial charge in [0.05, 0.1) is 5.38 Å². The maximum absolute atomic E-state index is 11.7. The van der Waals surface area contributed by atoms with Crippen molar-refractivity contribution in [3.05, 3.63) is 15.5 Å². The lowest BCUT2D eigenvalue weighted by Crippen LogP contribution is -2.04. The van der Waals surface area contributed by atoms with Crippen LogP contribution in [0.15, 0.2) is 0 Å². The van der Waals surface area contributed by atoms with Crippen LogP contribution in [0.2, 0.25) is 4.47 Å². The zero-order chi connectivity index (χ0) is 7.78. The van der Waals surface area contributed by atoms with E-state index in [4.69, 9.17) is 11.6 Å². The second-order valence-corrected chi connectivity index (χ2v) is 2.79. The fourth-order valence-corrected chi connectivity index (χ4v) is 1.02. The molecule has 0 aromatic carbocycles. The summed E-state index contributed by atoms with van der Waals surface area (Å²) in [5.41, 5.74) is -1.05. The third-order valence-corrected chi connectivity index (χ3v) is 1.57. The van der Waals surface area contributed by atoms with Crippen molar-refractivity contribution in [3.63, 3.8) is 0 Å². The molecule has 0 amide bonds. The largest absolute Gasteiger partial charge is 0.434 e. The number of nitrogens with zero attached hydrogens (tertiary/aromatic N) is 1. The summed E-state index contributed by atoms with van der Waals surface area (Å²) in [6.07, 6.45) is -4.43. The Bertz CT molecular complexity index is 231. The van der Waals surface area contributed by atoms with Gasteiger partial charge in [0.15, 0.2) is 10.2 Å². The Kier molecular flexibility index (Phi) is 1.87. The molecule has 0 fully saturated rings. The van der Waals surface area contributed by atoms with Gasteiger partial charge in [-0.3, -0.25) is 0 Å². The highest BCUT2D eigenvalue weighted by Gasteiger charge is 2.33. The number of hydrogen-bond donors (Lipinski definition) is 0. The molecule has 1 nitrogen and oxygen atoms in total. The summed E-state index contributed by atoms with van der Waals surface area (Å²) >= 11 is 5.78. The molecule has 10 heavy (non-hydrogen) atoms. The van der Waals surface area contributed by atoms with Gasteiger partial charge in [0.1, 0.15) is 0 Å². The molecule has 55 valence electrons. The SMILES string of the molecule is FC(F)(F)c1[c]sc(Cl)n1. The van der Waals surface area contributed by atoms with Crippen LogP contribution in [0.5, 0.6) is 0 Å². The number of alkyl halides is 3. The first kappa shape index (κ1) is 7.81. The summed E-state index contributed by atoms with van der Waals surface area (Å²) in [7, 11) is 0. The van der Waals surface area contributed by atoms with Crippen molar-refractivity contribution in [3.8, 4) is 0 Å². The van der Waals surface area contributed by atoms with Crippen LogP contribution < -0.4 is 0 Å². The van der Waals surface area contributed by atoms with Gasteiger partial charge >= 0.3 is 6.18 Å². The summed E-state index contributed by atoms with van der Waals surface area (Å²) in [6.45, 7) is 0. The van der Waals surface area contributed by atoms with Gasteiger partial charge in [0, 0.05) is 0 Å². The van der Waals surface area contributed by atoms with Crippen LogP contribution in [-0.4, -0.2) is 4.98 Å². The molecule has 0 unspecified atom stereocenters. The molecule has 1 rings (SSSR count). The zero-order valence-corrected chi connectivity index (χ0v) is 5.94. The lowest BCUT2D eigenvalue weighted by atomic mass is 10.5. The number of thiazole rings is 1. The molecule has 0 atom stereocenters. The standard InChI is InChI=1S/C4ClF3NS/c5-3-9-2(1-10-3)4(6,7)8. The van der Waals surface area contributed by atoms with Crippen molar-refractivity contribution in [2.75, 3.05) is 0 Å². The van der Waals surface area contributed by atoms with Gasteiger partial charge in [-0.25, -0.2) is 4.98 Å². The molecule has 6 heteroatoms. The van der Waals surface area contributed by atoms with Gasteiger partial charge in [0.2, 0.25) is 0 Å². The summed E-state index contributed by atoms with van der Waals surface area (Å²) in [5.74, 6) is 0. The van der Waals surface area contributed by atoms with E-state index < -0.39 is 11.9 Å². The average Bonchev–Trinajstić information content (AvgIpc) is 2.11. The van der Waals surface area contributed by atoms with E-state index in [1.54, 1.807) is 0 Å².